The molecule has 0 saturated carbocycles. The van der Waals surface area contributed by atoms with Crippen LogP contribution in [0.15, 0.2) is 66.7 Å². The van der Waals surface area contributed by atoms with E-state index in [9.17, 15) is 0 Å². The van der Waals surface area contributed by atoms with E-state index in [1.807, 2.05) is 60.7 Å². The first kappa shape index (κ1) is 11.2. The number of nitrogen functional groups attached to an aromatic ring is 1. The molecule has 1 nitrogen and oxygen atoms in total. The molecule has 17 heavy (non-hydrogen) atoms. The largest absolute Gasteiger partial charge is 0.398 e. The number of hydrogen-bond acceptors (Lipinski definition) is 1. The van der Waals surface area contributed by atoms with Crippen molar-refractivity contribution in [2.75, 3.05) is 5.73 Å². The van der Waals surface area contributed by atoms with Crippen molar-refractivity contribution in [3.8, 4) is 0 Å². The molecule has 0 aliphatic heterocycles. The fraction of sp³-hybridized carbons (Fsp3) is 0. The molecule has 0 aliphatic rings. The molecule has 1 heteroatoms. The zero-order chi connectivity index (χ0) is 11.9. The highest BCUT2D eigenvalue weighted by Crippen LogP contribution is 2.12. The summed E-state index contributed by atoms with van der Waals surface area (Å²) in [6.45, 7) is 0. The molecule has 2 aromatic carbocycles. The summed E-state index contributed by atoms with van der Waals surface area (Å²) in [4.78, 5) is 0. The second-order valence-electron chi connectivity index (χ2n) is 3.76. The lowest BCUT2D eigenvalue weighted by atomic mass is 10.1. The monoisotopic (exact) mass is 221 g/mol. The molecule has 0 fully saturated rings. The first-order chi connectivity index (χ1) is 8.36. The average Bonchev–Trinajstić information content (AvgIpc) is 2.38. The van der Waals surface area contributed by atoms with Crippen molar-refractivity contribution in [3.63, 3.8) is 0 Å². The molecule has 0 amide bonds. The maximum Gasteiger partial charge on any atom is 0.0387 e. The van der Waals surface area contributed by atoms with Gasteiger partial charge in [0.25, 0.3) is 0 Å². The summed E-state index contributed by atoms with van der Waals surface area (Å²) in [5, 5.41) is 0. The van der Waals surface area contributed by atoms with Crippen LogP contribution in [0.2, 0.25) is 0 Å². The Morgan fingerprint density at radius 3 is 2.12 bits per heavy atom. The molecule has 84 valence electrons. The number of rotatable bonds is 3. The van der Waals surface area contributed by atoms with Crippen LogP contribution in [0.3, 0.4) is 0 Å². The van der Waals surface area contributed by atoms with Gasteiger partial charge >= 0.3 is 0 Å². The van der Waals surface area contributed by atoms with Crippen molar-refractivity contribution >= 4 is 17.8 Å². The molecule has 0 bridgehead atoms. The van der Waals surface area contributed by atoms with Crippen LogP contribution in [0, 0.1) is 0 Å². The van der Waals surface area contributed by atoms with E-state index >= 15 is 0 Å². The van der Waals surface area contributed by atoms with Crippen molar-refractivity contribution in [3.05, 3.63) is 77.9 Å². The lowest BCUT2D eigenvalue weighted by Crippen LogP contribution is -1.86. The Hall–Kier alpha value is -2.28. The van der Waals surface area contributed by atoms with Crippen LogP contribution < -0.4 is 5.73 Å². The van der Waals surface area contributed by atoms with E-state index in [1.165, 1.54) is 5.56 Å². The smallest absolute Gasteiger partial charge is 0.0387 e. The summed E-state index contributed by atoms with van der Waals surface area (Å²) in [5.41, 5.74) is 8.88. The topological polar surface area (TPSA) is 26.0 Å². The van der Waals surface area contributed by atoms with Gasteiger partial charge in [0.15, 0.2) is 0 Å². The molecule has 0 heterocycles. The second kappa shape index (κ2) is 5.71. The lowest BCUT2D eigenvalue weighted by molar-refractivity contribution is 1.64. The average molecular weight is 221 g/mol. The number of anilines is 1. The van der Waals surface area contributed by atoms with Crippen LogP contribution in [-0.2, 0) is 0 Å². The molecule has 0 unspecified atom stereocenters. The Kier molecular flexibility index (Phi) is 3.77. The Morgan fingerprint density at radius 1 is 0.706 bits per heavy atom. The zero-order valence-corrected chi connectivity index (χ0v) is 9.58. The molecule has 0 saturated heterocycles. The third-order valence-corrected chi connectivity index (χ3v) is 2.47. The molecular formula is C16H15N. The number of benzene rings is 2. The molecule has 0 aromatic heterocycles. The van der Waals surface area contributed by atoms with Crippen LogP contribution in [-0.4, -0.2) is 0 Å². The highest BCUT2D eigenvalue weighted by atomic mass is 14.5. The number of allylic oxidation sites excluding steroid dienone is 2. The van der Waals surface area contributed by atoms with E-state index in [1.54, 1.807) is 0 Å². The van der Waals surface area contributed by atoms with Gasteiger partial charge in [-0.05, 0) is 17.2 Å². The van der Waals surface area contributed by atoms with E-state index in [0.29, 0.717) is 0 Å². The Labute approximate surface area is 102 Å². The maximum atomic E-state index is 5.84. The fourth-order valence-electron chi connectivity index (χ4n) is 1.55. The summed E-state index contributed by atoms with van der Waals surface area (Å²) >= 11 is 0. The van der Waals surface area contributed by atoms with E-state index in [0.717, 1.165) is 11.3 Å². The highest BCUT2D eigenvalue weighted by Gasteiger charge is 1.89. The molecule has 0 aliphatic carbocycles. The SMILES string of the molecule is Nc1ccccc1/C=C\C=C\c1ccccc1. The standard InChI is InChI=1S/C16H15N/c17-16-13-7-6-12-15(16)11-5-4-10-14-8-2-1-3-9-14/h1-13H,17H2/b10-4+,11-5-. The summed E-state index contributed by atoms with van der Waals surface area (Å²) in [7, 11) is 0. The van der Waals surface area contributed by atoms with Gasteiger partial charge in [0, 0.05) is 5.69 Å². The van der Waals surface area contributed by atoms with Crippen LogP contribution in [0.5, 0.6) is 0 Å². The Balaban J connectivity index is 2.04. The molecular weight excluding hydrogens is 206 g/mol. The van der Waals surface area contributed by atoms with Gasteiger partial charge in [-0.1, -0.05) is 72.8 Å². The van der Waals surface area contributed by atoms with Crippen LogP contribution in [0.1, 0.15) is 11.1 Å². The summed E-state index contributed by atoms with van der Waals surface area (Å²) in [6, 6.07) is 18.0. The molecule has 0 spiro atoms. The summed E-state index contributed by atoms with van der Waals surface area (Å²) < 4.78 is 0. The maximum absolute atomic E-state index is 5.84. The Morgan fingerprint density at radius 2 is 1.35 bits per heavy atom. The van der Waals surface area contributed by atoms with E-state index in [4.69, 9.17) is 5.73 Å². The molecule has 2 aromatic rings. The van der Waals surface area contributed by atoms with Crippen LogP contribution >= 0.6 is 0 Å². The minimum atomic E-state index is 0.803. The van der Waals surface area contributed by atoms with Gasteiger partial charge in [0.1, 0.15) is 0 Å². The normalized spacial score (nSPS) is 11.3. The number of hydrogen-bond donors (Lipinski definition) is 1. The fourth-order valence-corrected chi connectivity index (χ4v) is 1.55. The third kappa shape index (κ3) is 3.35. The van der Waals surface area contributed by atoms with Gasteiger partial charge in [-0.2, -0.15) is 0 Å². The highest BCUT2D eigenvalue weighted by molar-refractivity contribution is 5.66. The first-order valence-electron chi connectivity index (χ1n) is 5.60. The van der Waals surface area contributed by atoms with Gasteiger partial charge in [0.05, 0.1) is 0 Å². The van der Waals surface area contributed by atoms with Crippen molar-refractivity contribution in [2.24, 2.45) is 0 Å². The van der Waals surface area contributed by atoms with Crippen molar-refractivity contribution < 1.29 is 0 Å². The first-order valence-corrected chi connectivity index (χ1v) is 5.60. The van der Waals surface area contributed by atoms with Crippen molar-refractivity contribution in [1.29, 1.82) is 0 Å². The van der Waals surface area contributed by atoms with Gasteiger partial charge in [0.2, 0.25) is 0 Å². The number of para-hydroxylation sites is 1. The predicted molar refractivity (Wildman–Crippen MR) is 75.4 cm³/mol. The lowest BCUT2D eigenvalue weighted by Gasteiger charge is -1.96. The van der Waals surface area contributed by atoms with Crippen molar-refractivity contribution in [1.82, 2.24) is 0 Å². The quantitative estimate of drug-likeness (QED) is 0.615. The molecule has 2 rings (SSSR count). The van der Waals surface area contributed by atoms with Gasteiger partial charge in [-0.3, -0.25) is 0 Å². The third-order valence-electron chi connectivity index (χ3n) is 2.47. The molecule has 0 radical (unpaired) electrons. The Bertz CT molecular complexity index is 524. The van der Waals surface area contributed by atoms with Gasteiger partial charge < -0.3 is 5.73 Å². The van der Waals surface area contributed by atoms with Gasteiger partial charge in [-0.25, -0.2) is 0 Å². The van der Waals surface area contributed by atoms with Crippen LogP contribution in [0.4, 0.5) is 5.69 Å². The number of nitrogens with two attached hydrogens (primary N) is 1. The predicted octanol–water partition coefficient (Wildman–Crippen LogP) is 4.00. The summed E-state index contributed by atoms with van der Waals surface area (Å²) in [6.07, 6.45) is 8.09. The van der Waals surface area contributed by atoms with E-state index in [2.05, 4.69) is 18.2 Å². The second-order valence-corrected chi connectivity index (χ2v) is 3.76. The molecule has 2 N–H and O–H groups in total. The summed E-state index contributed by atoms with van der Waals surface area (Å²) in [5.74, 6) is 0. The zero-order valence-electron chi connectivity index (χ0n) is 9.58. The minimum absolute atomic E-state index is 0.803. The van der Waals surface area contributed by atoms with Crippen molar-refractivity contribution in [2.45, 2.75) is 0 Å². The van der Waals surface area contributed by atoms with Gasteiger partial charge in [-0.15, -0.1) is 0 Å². The minimum Gasteiger partial charge on any atom is -0.398 e. The van der Waals surface area contributed by atoms with E-state index in [-0.39, 0.29) is 0 Å². The molecule has 0 atom stereocenters. The van der Waals surface area contributed by atoms with Crippen LogP contribution in [0.25, 0.3) is 12.2 Å². The van der Waals surface area contributed by atoms with E-state index < -0.39 is 0 Å².